The first-order valence-electron chi connectivity index (χ1n) is 7.35. The van der Waals surface area contributed by atoms with Crippen LogP contribution in [0.4, 0.5) is 0 Å². The van der Waals surface area contributed by atoms with Gasteiger partial charge in [0.25, 0.3) is 0 Å². The Morgan fingerprint density at radius 3 is 2.89 bits per heavy atom. The molecule has 0 radical (unpaired) electrons. The molecule has 0 saturated heterocycles. The first kappa shape index (κ1) is 14.4. The van der Waals surface area contributed by atoms with Crippen molar-refractivity contribution in [2.45, 2.75) is 51.7 Å². The van der Waals surface area contributed by atoms with E-state index in [1.54, 1.807) is 0 Å². The summed E-state index contributed by atoms with van der Waals surface area (Å²) >= 11 is 0. The van der Waals surface area contributed by atoms with Gasteiger partial charge in [0.1, 0.15) is 18.5 Å². The molecule has 0 spiro atoms. The van der Waals surface area contributed by atoms with Crippen molar-refractivity contribution in [1.82, 2.24) is 5.32 Å². The summed E-state index contributed by atoms with van der Waals surface area (Å²) in [5.41, 5.74) is 2.86. The van der Waals surface area contributed by atoms with E-state index in [9.17, 15) is 5.11 Å². The van der Waals surface area contributed by atoms with Crippen LogP contribution < -0.4 is 10.1 Å². The summed E-state index contributed by atoms with van der Waals surface area (Å²) in [5.74, 6) is 0.878. The Hall–Kier alpha value is -1.06. The van der Waals surface area contributed by atoms with Crippen LogP contribution in [-0.2, 0) is 12.8 Å². The maximum atomic E-state index is 9.86. The average Bonchev–Trinajstić information content (AvgIpc) is 2.89. The van der Waals surface area contributed by atoms with Crippen LogP contribution in [0.5, 0.6) is 5.75 Å². The summed E-state index contributed by atoms with van der Waals surface area (Å²) < 4.78 is 5.67. The van der Waals surface area contributed by atoms with Gasteiger partial charge in [-0.25, -0.2) is 0 Å². The Kier molecular flexibility index (Phi) is 5.23. The zero-order valence-corrected chi connectivity index (χ0v) is 12.0. The second-order valence-electron chi connectivity index (χ2n) is 5.47. The largest absolute Gasteiger partial charge is 0.491 e. The van der Waals surface area contributed by atoms with Gasteiger partial charge >= 0.3 is 0 Å². The fourth-order valence-corrected chi connectivity index (χ4v) is 2.37. The molecule has 2 N–H and O–H groups in total. The topological polar surface area (TPSA) is 41.5 Å². The van der Waals surface area contributed by atoms with E-state index in [1.165, 1.54) is 24.0 Å². The molecule has 0 heterocycles. The third-order valence-electron chi connectivity index (χ3n) is 3.83. The quantitative estimate of drug-likeness (QED) is 0.793. The molecular formula is C16H25NO2. The monoisotopic (exact) mass is 263 g/mol. The van der Waals surface area contributed by atoms with Gasteiger partial charge in [-0.3, -0.25) is 0 Å². The van der Waals surface area contributed by atoms with E-state index in [2.05, 4.69) is 31.3 Å². The van der Waals surface area contributed by atoms with Gasteiger partial charge in [0, 0.05) is 12.6 Å². The predicted octanol–water partition coefficient (Wildman–Crippen LogP) is 2.30. The van der Waals surface area contributed by atoms with E-state index in [-0.39, 0.29) is 0 Å². The molecule has 1 aliphatic carbocycles. The number of rotatable bonds is 7. The highest BCUT2D eigenvalue weighted by molar-refractivity contribution is 5.38. The normalized spacial score (nSPS) is 17.0. The minimum atomic E-state index is -0.456. The van der Waals surface area contributed by atoms with Crippen LogP contribution in [0, 0.1) is 0 Å². The van der Waals surface area contributed by atoms with Crippen LogP contribution in [0.2, 0.25) is 0 Å². The van der Waals surface area contributed by atoms with Crippen molar-refractivity contribution in [3.05, 3.63) is 29.3 Å². The highest BCUT2D eigenvalue weighted by Gasteiger charge is 2.12. The Bertz CT molecular complexity index is 406. The van der Waals surface area contributed by atoms with E-state index >= 15 is 0 Å². The fourth-order valence-electron chi connectivity index (χ4n) is 2.37. The molecule has 0 aromatic heterocycles. The molecule has 19 heavy (non-hydrogen) atoms. The molecule has 1 aromatic carbocycles. The Balaban J connectivity index is 1.75. The fraction of sp³-hybridized carbons (Fsp3) is 0.625. The lowest BCUT2D eigenvalue weighted by atomic mass is 10.1. The van der Waals surface area contributed by atoms with Gasteiger partial charge in [0.05, 0.1) is 0 Å². The van der Waals surface area contributed by atoms with Crippen LogP contribution >= 0.6 is 0 Å². The van der Waals surface area contributed by atoms with Crippen molar-refractivity contribution in [3.63, 3.8) is 0 Å². The lowest BCUT2D eigenvalue weighted by Gasteiger charge is -2.16. The highest BCUT2D eigenvalue weighted by atomic mass is 16.5. The highest BCUT2D eigenvalue weighted by Crippen LogP contribution is 2.25. The summed E-state index contributed by atoms with van der Waals surface area (Å²) in [6.45, 7) is 5.18. The molecule has 3 nitrogen and oxygen atoms in total. The van der Waals surface area contributed by atoms with Crippen molar-refractivity contribution < 1.29 is 9.84 Å². The van der Waals surface area contributed by atoms with E-state index in [0.717, 1.165) is 18.6 Å². The number of aliphatic hydroxyl groups is 1. The van der Waals surface area contributed by atoms with E-state index in [4.69, 9.17) is 4.74 Å². The molecule has 0 fully saturated rings. The van der Waals surface area contributed by atoms with E-state index in [0.29, 0.717) is 19.2 Å². The van der Waals surface area contributed by atoms with Crippen LogP contribution in [0.1, 0.15) is 37.8 Å². The summed E-state index contributed by atoms with van der Waals surface area (Å²) in [6, 6.07) is 6.73. The van der Waals surface area contributed by atoms with Crippen LogP contribution in [0.15, 0.2) is 18.2 Å². The molecule has 0 saturated carbocycles. The molecule has 106 valence electrons. The number of nitrogens with one attached hydrogen (secondary N) is 1. The SMILES string of the molecule is CC[C@@H](C)NC[C@H](O)COc1ccc2c(c1)CCC2. The minimum absolute atomic E-state index is 0.349. The van der Waals surface area contributed by atoms with Crippen molar-refractivity contribution in [3.8, 4) is 5.75 Å². The number of hydrogen-bond donors (Lipinski definition) is 2. The number of aryl methyl sites for hydroxylation is 2. The molecule has 1 aromatic rings. The minimum Gasteiger partial charge on any atom is -0.491 e. The molecule has 0 bridgehead atoms. The second-order valence-corrected chi connectivity index (χ2v) is 5.47. The smallest absolute Gasteiger partial charge is 0.119 e. The van der Waals surface area contributed by atoms with Gasteiger partial charge in [-0.05, 0) is 55.9 Å². The standard InChI is InChI=1S/C16H25NO2/c1-3-12(2)17-10-15(18)11-19-16-8-7-13-5-4-6-14(13)9-16/h7-9,12,15,17-18H,3-6,10-11H2,1-2H3/t12-,15+/m1/s1. The predicted molar refractivity (Wildman–Crippen MR) is 77.7 cm³/mol. The van der Waals surface area contributed by atoms with Crippen molar-refractivity contribution in [2.75, 3.05) is 13.2 Å². The number of fused-ring (bicyclic) bond motifs is 1. The number of benzene rings is 1. The Morgan fingerprint density at radius 2 is 2.11 bits per heavy atom. The third-order valence-corrected chi connectivity index (χ3v) is 3.83. The molecule has 0 amide bonds. The summed E-state index contributed by atoms with van der Waals surface area (Å²) in [4.78, 5) is 0. The lowest BCUT2D eigenvalue weighted by molar-refractivity contribution is 0.104. The molecule has 0 aliphatic heterocycles. The summed E-state index contributed by atoms with van der Waals surface area (Å²) in [5, 5.41) is 13.1. The van der Waals surface area contributed by atoms with Gasteiger partial charge in [0.15, 0.2) is 0 Å². The molecule has 2 rings (SSSR count). The van der Waals surface area contributed by atoms with Crippen molar-refractivity contribution >= 4 is 0 Å². The number of aliphatic hydroxyl groups excluding tert-OH is 1. The van der Waals surface area contributed by atoms with Gasteiger partial charge in [0.2, 0.25) is 0 Å². The average molecular weight is 263 g/mol. The van der Waals surface area contributed by atoms with Gasteiger partial charge in [-0.15, -0.1) is 0 Å². The zero-order valence-electron chi connectivity index (χ0n) is 12.0. The lowest BCUT2D eigenvalue weighted by Crippen LogP contribution is -2.36. The maximum Gasteiger partial charge on any atom is 0.119 e. The first-order valence-corrected chi connectivity index (χ1v) is 7.35. The van der Waals surface area contributed by atoms with Gasteiger partial charge in [-0.2, -0.15) is 0 Å². The van der Waals surface area contributed by atoms with E-state index in [1.807, 2.05) is 6.07 Å². The van der Waals surface area contributed by atoms with Crippen molar-refractivity contribution in [2.24, 2.45) is 0 Å². The molecule has 1 aliphatic rings. The molecule has 3 heteroatoms. The number of hydrogen-bond acceptors (Lipinski definition) is 3. The Labute approximate surface area is 116 Å². The molecular weight excluding hydrogens is 238 g/mol. The molecule has 2 atom stereocenters. The second kappa shape index (κ2) is 6.92. The third kappa shape index (κ3) is 4.22. The van der Waals surface area contributed by atoms with Gasteiger partial charge < -0.3 is 15.2 Å². The van der Waals surface area contributed by atoms with Crippen molar-refractivity contribution in [1.29, 1.82) is 0 Å². The zero-order chi connectivity index (χ0) is 13.7. The Morgan fingerprint density at radius 1 is 1.32 bits per heavy atom. The molecule has 0 unspecified atom stereocenters. The number of ether oxygens (including phenoxy) is 1. The van der Waals surface area contributed by atoms with Crippen LogP contribution in [-0.4, -0.2) is 30.4 Å². The summed E-state index contributed by atoms with van der Waals surface area (Å²) in [6.07, 6.45) is 4.21. The summed E-state index contributed by atoms with van der Waals surface area (Å²) in [7, 11) is 0. The van der Waals surface area contributed by atoms with Gasteiger partial charge in [-0.1, -0.05) is 13.0 Å². The van der Waals surface area contributed by atoms with Crippen LogP contribution in [0.25, 0.3) is 0 Å². The van der Waals surface area contributed by atoms with E-state index < -0.39 is 6.10 Å². The maximum absolute atomic E-state index is 9.86. The first-order chi connectivity index (χ1) is 9.19. The van der Waals surface area contributed by atoms with Crippen LogP contribution in [0.3, 0.4) is 0 Å².